The Labute approximate surface area is 195 Å². The van der Waals surface area contributed by atoms with E-state index in [-0.39, 0.29) is 5.95 Å². The van der Waals surface area contributed by atoms with Gasteiger partial charge in [0.1, 0.15) is 5.82 Å². The molecule has 0 fully saturated rings. The highest BCUT2D eigenvalue weighted by Crippen LogP contribution is 2.18. The van der Waals surface area contributed by atoms with Gasteiger partial charge in [-0.1, -0.05) is 48.0 Å². The Bertz CT molecular complexity index is 953. The minimum Gasteiger partial charge on any atom is -0.378 e. The van der Waals surface area contributed by atoms with Crippen molar-refractivity contribution in [3.05, 3.63) is 77.5 Å². The van der Waals surface area contributed by atoms with E-state index in [0.717, 1.165) is 24.5 Å². The average Bonchev–Trinajstić information content (AvgIpc) is 2.80. The number of hydrogen-bond acceptors (Lipinski definition) is 8. The summed E-state index contributed by atoms with van der Waals surface area (Å²) in [6, 6.07) is 20.4. The van der Waals surface area contributed by atoms with Gasteiger partial charge in [-0.15, -0.1) is 0 Å². The van der Waals surface area contributed by atoms with Gasteiger partial charge in [0.2, 0.25) is 5.95 Å². The maximum absolute atomic E-state index is 6.02. The molecule has 0 aliphatic rings. The minimum atomic E-state index is 0.245. The third-order valence-electron chi connectivity index (χ3n) is 4.94. The summed E-state index contributed by atoms with van der Waals surface area (Å²) >= 11 is 0. The molecule has 0 saturated carbocycles. The third kappa shape index (κ3) is 9.15. The van der Waals surface area contributed by atoms with E-state index < -0.39 is 0 Å². The van der Waals surface area contributed by atoms with Crippen molar-refractivity contribution >= 4 is 17.5 Å². The summed E-state index contributed by atoms with van der Waals surface area (Å²) in [7, 11) is 0. The van der Waals surface area contributed by atoms with E-state index in [4.69, 9.17) is 20.9 Å². The molecule has 8 heteroatoms. The number of nitrogens with two attached hydrogens (primary N) is 2. The summed E-state index contributed by atoms with van der Waals surface area (Å²) in [5.41, 5.74) is 15.7. The molecule has 8 nitrogen and oxygen atoms in total. The molecule has 0 spiro atoms. The molecule has 0 amide bonds. The normalized spacial score (nSPS) is 11.1. The maximum atomic E-state index is 6.02. The van der Waals surface area contributed by atoms with Gasteiger partial charge < -0.3 is 26.3 Å². The van der Waals surface area contributed by atoms with Crippen molar-refractivity contribution < 1.29 is 9.47 Å². The molecule has 2 aromatic carbocycles. The number of ether oxygens (including phenoxy) is 2. The summed E-state index contributed by atoms with van der Waals surface area (Å²) in [5, 5.41) is 3.31. The van der Waals surface area contributed by atoms with Crippen LogP contribution in [-0.4, -0.2) is 54.4 Å². The fraction of sp³-hybridized carbons (Fsp3) is 0.360. The van der Waals surface area contributed by atoms with Crippen molar-refractivity contribution in [3.8, 4) is 0 Å². The first-order valence-electron chi connectivity index (χ1n) is 11.2. The van der Waals surface area contributed by atoms with Crippen LogP contribution in [0.2, 0.25) is 0 Å². The number of nitrogens with zero attached hydrogens (tertiary/aromatic N) is 3. The Morgan fingerprint density at radius 3 is 2.33 bits per heavy atom. The predicted octanol–water partition coefficient (Wildman–Crippen LogP) is 3.10. The highest BCUT2D eigenvalue weighted by Gasteiger charge is 2.11. The van der Waals surface area contributed by atoms with E-state index >= 15 is 0 Å². The third-order valence-corrected chi connectivity index (χ3v) is 4.94. The van der Waals surface area contributed by atoms with Crippen molar-refractivity contribution in [1.29, 1.82) is 0 Å². The van der Waals surface area contributed by atoms with E-state index in [1.54, 1.807) is 0 Å². The van der Waals surface area contributed by atoms with Gasteiger partial charge in [0, 0.05) is 37.9 Å². The van der Waals surface area contributed by atoms with Gasteiger partial charge in [0.25, 0.3) is 0 Å². The van der Waals surface area contributed by atoms with Gasteiger partial charge >= 0.3 is 0 Å². The molecule has 0 aliphatic heterocycles. The molecule has 1 aromatic heterocycles. The van der Waals surface area contributed by atoms with Crippen molar-refractivity contribution in [1.82, 2.24) is 14.9 Å². The van der Waals surface area contributed by atoms with Crippen molar-refractivity contribution in [2.24, 2.45) is 5.73 Å². The number of benzene rings is 2. The summed E-state index contributed by atoms with van der Waals surface area (Å²) in [4.78, 5) is 11.1. The van der Waals surface area contributed by atoms with E-state index in [1.807, 2.05) is 36.4 Å². The first-order chi connectivity index (χ1) is 16.1. The standard InChI is InChI=1S/C25H34N6O2/c1-20-7-9-22(10-8-20)28-24-17-23(29-25(27)30-24)19-31(18-21-5-3-2-4-6-21)12-14-33-16-15-32-13-11-26/h2-10,17H,11-16,18-19,26H2,1H3,(H3,27,28,29,30). The molecule has 3 rings (SSSR count). The largest absolute Gasteiger partial charge is 0.378 e. The molecule has 0 saturated heterocycles. The quantitative estimate of drug-likeness (QED) is 0.321. The van der Waals surface area contributed by atoms with Crippen LogP contribution < -0.4 is 16.8 Å². The average molecular weight is 451 g/mol. The molecule has 0 atom stereocenters. The number of anilines is 3. The van der Waals surface area contributed by atoms with Crippen LogP contribution in [-0.2, 0) is 22.6 Å². The highest BCUT2D eigenvalue weighted by atomic mass is 16.5. The molecular weight excluding hydrogens is 416 g/mol. The first-order valence-corrected chi connectivity index (χ1v) is 11.2. The van der Waals surface area contributed by atoms with E-state index in [1.165, 1.54) is 11.1 Å². The lowest BCUT2D eigenvalue weighted by molar-refractivity contribution is 0.0391. The second kappa shape index (κ2) is 13.5. The number of hydrogen-bond donors (Lipinski definition) is 3. The monoisotopic (exact) mass is 450 g/mol. The summed E-state index contributed by atoms with van der Waals surface area (Å²) in [6.07, 6.45) is 0. The number of rotatable bonds is 14. The molecule has 3 aromatic rings. The molecule has 0 radical (unpaired) electrons. The number of aromatic nitrogens is 2. The number of aryl methyl sites for hydroxylation is 1. The number of nitrogen functional groups attached to an aromatic ring is 1. The molecule has 5 N–H and O–H groups in total. The lowest BCUT2D eigenvalue weighted by atomic mass is 10.2. The maximum Gasteiger partial charge on any atom is 0.222 e. The van der Waals surface area contributed by atoms with Crippen molar-refractivity contribution in [2.75, 3.05) is 50.6 Å². The van der Waals surface area contributed by atoms with Crippen LogP contribution >= 0.6 is 0 Å². The molecule has 1 heterocycles. The van der Waals surface area contributed by atoms with Gasteiger partial charge in [-0.25, -0.2) is 4.98 Å². The summed E-state index contributed by atoms with van der Waals surface area (Å²) < 4.78 is 11.1. The molecule has 176 valence electrons. The highest BCUT2D eigenvalue weighted by molar-refractivity contribution is 5.57. The van der Waals surface area contributed by atoms with Crippen molar-refractivity contribution in [3.63, 3.8) is 0 Å². The molecule has 0 aliphatic carbocycles. The minimum absolute atomic E-state index is 0.245. The van der Waals surface area contributed by atoms with E-state index in [0.29, 0.717) is 45.3 Å². The van der Waals surface area contributed by atoms with Gasteiger partial charge in [0.15, 0.2) is 0 Å². The molecular formula is C25H34N6O2. The van der Waals surface area contributed by atoms with Gasteiger partial charge in [0.05, 0.1) is 32.1 Å². The Kier molecular flexibility index (Phi) is 10.1. The van der Waals surface area contributed by atoms with Crippen LogP contribution in [0.3, 0.4) is 0 Å². The SMILES string of the molecule is Cc1ccc(Nc2cc(CN(CCOCCOCCN)Cc3ccccc3)nc(N)n2)cc1. The number of nitrogens with one attached hydrogen (secondary N) is 1. The lowest BCUT2D eigenvalue weighted by Gasteiger charge is -2.22. The van der Waals surface area contributed by atoms with E-state index in [2.05, 4.69) is 51.4 Å². The lowest BCUT2D eigenvalue weighted by Crippen LogP contribution is -2.28. The van der Waals surface area contributed by atoms with Crippen LogP contribution in [0.1, 0.15) is 16.8 Å². The zero-order chi connectivity index (χ0) is 23.3. The molecule has 0 bridgehead atoms. The van der Waals surface area contributed by atoms with Gasteiger partial charge in [-0.2, -0.15) is 4.98 Å². The van der Waals surface area contributed by atoms with Crippen LogP contribution in [0.5, 0.6) is 0 Å². The van der Waals surface area contributed by atoms with Gasteiger partial charge in [-0.05, 0) is 24.6 Å². The van der Waals surface area contributed by atoms with Crippen molar-refractivity contribution in [2.45, 2.75) is 20.0 Å². The Morgan fingerprint density at radius 1 is 0.879 bits per heavy atom. The summed E-state index contributed by atoms with van der Waals surface area (Å²) in [5.74, 6) is 0.921. The predicted molar refractivity (Wildman–Crippen MR) is 132 cm³/mol. The smallest absolute Gasteiger partial charge is 0.222 e. The van der Waals surface area contributed by atoms with Crippen LogP contribution in [0.4, 0.5) is 17.5 Å². The summed E-state index contributed by atoms with van der Waals surface area (Å²) in [6.45, 7) is 6.96. The van der Waals surface area contributed by atoms with E-state index in [9.17, 15) is 0 Å². The zero-order valence-electron chi connectivity index (χ0n) is 19.2. The second-order valence-electron chi connectivity index (χ2n) is 7.80. The topological polar surface area (TPSA) is 112 Å². The zero-order valence-corrected chi connectivity index (χ0v) is 19.2. The van der Waals surface area contributed by atoms with Gasteiger partial charge in [-0.3, -0.25) is 4.90 Å². The van der Waals surface area contributed by atoms with Crippen LogP contribution in [0.15, 0.2) is 60.7 Å². The Hall–Kier alpha value is -3.04. The second-order valence-corrected chi connectivity index (χ2v) is 7.80. The first kappa shape index (κ1) is 24.6. The Morgan fingerprint density at radius 2 is 1.61 bits per heavy atom. The van der Waals surface area contributed by atoms with Crippen LogP contribution in [0, 0.1) is 6.92 Å². The fourth-order valence-electron chi connectivity index (χ4n) is 3.33. The fourth-order valence-corrected chi connectivity index (χ4v) is 3.33. The molecule has 33 heavy (non-hydrogen) atoms. The Balaban J connectivity index is 1.63. The van der Waals surface area contributed by atoms with Crippen LogP contribution in [0.25, 0.3) is 0 Å². The molecule has 0 unspecified atom stereocenters.